The fourth-order valence-electron chi connectivity index (χ4n) is 1.96. The van der Waals surface area contributed by atoms with Gasteiger partial charge in [-0.15, -0.1) is 0 Å². The third-order valence-corrected chi connectivity index (χ3v) is 3.20. The average molecular weight is 185 g/mol. The summed E-state index contributed by atoms with van der Waals surface area (Å²) >= 11 is 0. The second kappa shape index (κ2) is 6.42. The van der Waals surface area contributed by atoms with Gasteiger partial charge in [0.15, 0.2) is 0 Å². The highest BCUT2D eigenvalue weighted by atomic mass is 14.9. The number of hydrogen-bond donors (Lipinski definition) is 1. The highest BCUT2D eigenvalue weighted by molar-refractivity contribution is 4.74. The maximum atomic E-state index is 3.42. The molecule has 80 valence electrons. The Morgan fingerprint density at radius 1 is 1.00 bits per heavy atom. The molecule has 0 radical (unpaired) electrons. The minimum absolute atomic E-state index is 0.687. The third-order valence-electron chi connectivity index (χ3n) is 3.20. The molecule has 0 aliphatic carbocycles. The van der Waals surface area contributed by atoms with Crippen LogP contribution in [0.5, 0.6) is 0 Å². The van der Waals surface area contributed by atoms with E-state index >= 15 is 0 Å². The highest BCUT2D eigenvalue weighted by Gasteiger charge is 2.18. The van der Waals surface area contributed by atoms with E-state index in [0.717, 1.165) is 17.8 Å². The van der Waals surface area contributed by atoms with Gasteiger partial charge in [0.05, 0.1) is 0 Å². The van der Waals surface area contributed by atoms with Crippen LogP contribution in [0.2, 0.25) is 0 Å². The van der Waals surface area contributed by atoms with Gasteiger partial charge in [0.2, 0.25) is 0 Å². The molecule has 0 aromatic heterocycles. The molecule has 0 fully saturated rings. The fraction of sp³-hybridized carbons (Fsp3) is 1.00. The smallest absolute Gasteiger partial charge is 0.00897 e. The molecule has 0 aliphatic rings. The van der Waals surface area contributed by atoms with E-state index < -0.39 is 0 Å². The zero-order valence-electron chi connectivity index (χ0n) is 10.2. The zero-order valence-corrected chi connectivity index (χ0v) is 10.2. The maximum absolute atomic E-state index is 3.42. The summed E-state index contributed by atoms with van der Waals surface area (Å²) in [5, 5.41) is 3.42. The molecule has 0 aromatic carbocycles. The molecule has 0 amide bonds. The minimum Gasteiger partial charge on any atom is -0.317 e. The average Bonchev–Trinajstić information content (AvgIpc) is 2.05. The van der Waals surface area contributed by atoms with Gasteiger partial charge in [0, 0.05) is 6.04 Å². The van der Waals surface area contributed by atoms with E-state index in [4.69, 9.17) is 0 Å². The summed E-state index contributed by atoms with van der Waals surface area (Å²) in [6, 6.07) is 0.687. The van der Waals surface area contributed by atoms with Crippen molar-refractivity contribution in [2.45, 2.75) is 53.5 Å². The minimum atomic E-state index is 0.687. The van der Waals surface area contributed by atoms with Crippen molar-refractivity contribution >= 4 is 0 Å². The Hall–Kier alpha value is -0.0400. The molecule has 1 N–H and O–H groups in total. The molecule has 0 heterocycles. The van der Waals surface area contributed by atoms with Crippen molar-refractivity contribution < 1.29 is 0 Å². The van der Waals surface area contributed by atoms with Crippen LogP contribution >= 0.6 is 0 Å². The van der Waals surface area contributed by atoms with Crippen molar-refractivity contribution in [3.63, 3.8) is 0 Å². The van der Waals surface area contributed by atoms with Crippen LogP contribution in [0.3, 0.4) is 0 Å². The lowest BCUT2D eigenvalue weighted by Crippen LogP contribution is -2.33. The maximum Gasteiger partial charge on any atom is 0.00897 e. The Kier molecular flexibility index (Phi) is 6.40. The number of hydrogen-bond acceptors (Lipinski definition) is 1. The fourth-order valence-corrected chi connectivity index (χ4v) is 1.96. The van der Waals surface area contributed by atoms with Gasteiger partial charge in [0.25, 0.3) is 0 Å². The summed E-state index contributed by atoms with van der Waals surface area (Å²) in [4.78, 5) is 0. The van der Waals surface area contributed by atoms with E-state index in [1.54, 1.807) is 0 Å². The van der Waals surface area contributed by atoms with Gasteiger partial charge in [-0.1, -0.05) is 41.0 Å². The van der Waals surface area contributed by atoms with Crippen molar-refractivity contribution in [2.24, 2.45) is 17.8 Å². The number of rotatable bonds is 6. The molecule has 0 aromatic rings. The first kappa shape index (κ1) is 13.0. The molecule has 2 atom stereocenters. The molecule has 0 saturated carbocycles. The number of nitrogens with one attached hydrogen (secondary N) is 1. The molecule has 13 heavy (non-hydrogen) atoms. The Morgan fingerprint density at radius 2 is 1.54 bits per heavy atom. The van der Waals surface area contributed by atoms with E-state index in [2.05, 4.69) is 47.0 Å². The summed E-state index contributed by atoms with van der Waals surface area (Å²) in [6.45, 7) is 11.6. The highest BCUT2D eigenvalue weighted by Crippen LogP contribution is 2.23. The molecule has 2 unspecified atom stereocenters. The van der Waals surface area contributed by atoms with Crippen molar-refractivity contribution in [2.75, 3.05) is 7.05 Å². The third kappa shape index (κ3) is 4.66. The van der Waals surface area contributed by atoms with Gasteiger partial charge in [-0.25, -0.2) is 0 Å². The van der Waals surface area contributed by atoms with Gasteiger partial charge in [-0.2, -0.15) is 0 Å². The second-order valence-electron chi connectivity index (χ2n) is 4.79. The molecule has 0 saturated heterocycles. The van der Waals surface area contributed by atoms with Crippen LogP contribution in [0.15, 0.2) is 0 Å². The van der Waals surface area contributed by atoms with Crippen LogP contribution in [0.4, 0.5) is 0 Å². The Bertz CT molecular complexity index is 104. The van der Waals surface area contributed by atoms with Crippen LogP contribution in [-0.4, -0.2) is 13.1 Å². The molecule has 0 bridgehead atoms. The predicted octanol–water partition coefficient (Wildman–Crippen LogP) is 3.30. The van der Waals surface area contributed by atoms with Crippen LogP contribution < -0.4 is 5.32 Å². The van der Waals surface area contributed by atoms with Crippen LogP contribution in [0.25, 0.3) is 0 Å². The van der Waals surface area contributed by atoms with Crippen molar-refractivity contribution in [1.29, 1.82) is 0 Å². The topological polar surface area (TPSA) is 12.0 Å². The summed E-state index contributed by atoms with van der Waals surface area (Å²) in [5.74, 6) is 2.44. The van der Waals surface area contributed by atoms with E-state index in [9.17, 15) is 0 Å². The molecule has 1 nitrogen and oxygen atoms in total. The van der Waals surface area contributed by atoms with E-state index in [1.165, 1.54) is 12.8 Å². The first-order chi connectivity index (χ1) is 6.02. The summed E-state index contributed by atoms with van der Waals surface area (Å²) in [5.41, 5.74) is 0. The van der Waals surface area contributed by atoms with Gasteiger partial charge < -0.3 is 5.32 Å². The lowest BCUT2D eigenvalue weighted by atomic mass is 9.84. The summed E-state index contributed by atoms with van der Waals surface area (Å²) in [7, 11) is 2.08. The van der Waals surface area contributed by atoms with Crippen LogP contribution in [0.1, 0.15) is 47.5 Å². The molecule has 1 heteroatoms. The molecular formula is C12H27N. The molecule has 0 spiro atoms. The lowest BCUT2D eigenvalue weighted by Gasteiger charge is -2.27. The first-order valence-corrected chi connectivity index (χ1v) is 5.70. The van der Waals surface area contributed by atoms with Crippen LogP contribution in [0, 0.1) is 17.8 Å². The van der Waals surface area contributed by atoms with Gasteiger partial charge >= 0.3 is 0 Å². The van der Waals surface area contributed by atoms with E-state index in [1.807, 2.05) is 0 Å². The SMILES string of the molecule is CCC(CC(NC)C(C)C)C(C)C. The Labute approximate surface area is 84.3 Å². The quantitative estimate of drug-likeness (QED) is 0.669. The Balaban J connectivity index is 4.03. The Morgan fingerprint density at radius 3 is 1.77 bits per heavy atom. The van der Waals surface area contributed by atoms with E-state index in [-0.39, 0.29) is 0 Å². The van der Waals surface area contributed by atoms with Gasteiger partial charge in [-0.3, -0.25) is 0 Å². The van der Waals surface area contributed by atoms with Gasteiger partial charge in [-0.05, 0) is 31.2 Å². The summed E-state index contributed by atoms with van der Waals surface area (Å²) < 4.78 is 0. The zero-order chi connectivity index (χ0) is 10.4. The standard InChI is InChI=1S/C12H27N/c1-7-11(9(2)3)8-12(13-6)10(4)5/h9-13H,7-8H2,1-6H3. The van der Waals surface area contributed by atoms with Crippen molar-refractivity contribution in [1.82, 2.24) is 5.32 Å². The predicted molar refractivity (Wildman–Crippen MR) is 60.9 cm³/mol. The second-order valence-corrected chi connectivity index (χ2v) is 4.79. The molecule has 0 aliphatic heterocycles. The summed E-state index contributed by atoms with van der Waals surface area (Å²) in [6.07, 6.45) is 2.63. The van der Waals surface area contributed by atoms with Gasteiger partial charge in [0.1, 0.15) is 0 Å². The van der Waals surface area contributed by atoms with E-state index in [0.29, 0.717) is 6.04 Å². The monoisotopic (exact) mass is 185 g/mol. The largest absolute Gasteiger partial charge is 0.317 e. The van der Waals surface area contributed by atoms with Crippen molar-refractivity contribution in [3.05, 3.63) is 0 Å². The molecule has 0 rings (SSSR count). The van der Waals surface area contributed by atoms with Crippen molar-refractivity contribution in [3.8, 4) is 0 Å². The van der Waals surface area contributed by atoms with Crippen LogP contribution in [-0.2, 0) is 0 Å². The first-order valence-electron chi connectivity index (χ1n) is 5.70. The molecular weight excluding hydrogens is 158 g/mol. The lowest BCUT2D eigenvalue weighted by molar-refractivity contribution is 0.273. The normalized spacial score (nSPS) is 16.6.